The first kappa shape index (κ1) is 15.4. The SMILES string of the molecule is CC(C)n1ncc(NCC(C)S(C)=O)c(Br)c1=O. The molecule has 0 amide bonds. The molecule has 1 rings (SSSR count). The molecule has 1 N–H and O–H groups in total. The Hall–Kier alpha value is -0.690. The molecule has 102 valence electrons. The molecule has 0 bridgehead atoms. The smallest absolute Gasteiger partial charge is 0.283 e. The van der Waals surface area contributed by atoms with Crippen LogP contribution in [-0.2, 0) is 10.8 Å². The zero-order chi connectivity index (χ0) is 13.9. The highest BCUT2D eigenvalue weighted by atomic mass is 79.9. The Labute approximate surface area is 118 Å². The summed E-state index contributed by atoms with van der Waals surface area (Å²) < 4.78 is 13.1. The van der Waals surface area contributed by atoms with Gasteiger partial charge in [0.1, 0.15) is 4.47 Å². The summed E-state index contributed by atoms with van der Waals surface area (Å²) in [6.45, 7) is 6.22. The number of anilines is 1. The molecule has 1 aromatic heterocycles. The Kier molecular flexibility index (Phi) is 5.52. The minimum atomic E-state index is -0.889. The fourth-order valence-electron chi connectivity index (χ4n) is 1.31. The third-order valence-corrected chi connectivity index (χ3v) is 4.65. The lowest BCUT2D eigenvalue weighted by atomic mass is 10.3. The van der Waals surface area contributed by atoms with Crippen LogP contribution in [0.4, 0.5) is 5.69 Å². The molecule has 0 saturated carbocycles. The first-order valence-corrected chi connectivity index (χ1v) is 8.09. The van der Waals surface area contributed by atoms with E-state index in [1.165, 1.54) is 4.68 Å². The van der Waals surface area contributed by atoms with E-state index in [0.717, 1.165) is 0 Å². The van der Waals surface area contributed by atoms with Gasteiger partial charge in [-0.25, -0.2) is 4.68 Å². The Morgan fingerprint density at radius 1 is 1.50 bits per heavy atom. The number of hydrogen-bond donors (Lipinski definition) is 1. The van der Waals surface area contributed by atoms with Crippen LogP contribution in [0.5, 0.6) is 0 Å². The van der Waals surface area contributed by atoms with Crippen molar-refractivity contribution in [3.05, 3.63) is 21.0 Å². The fraction of sp³-hybridized carbons (Fsp3) is 0.636. The van der Waals surface area contributed by atoms with Crippen LogP contribution in [0.1, 0.15) is 26.8 Å². The van der Waals surface area contributed by atoms with Crippen LogP contribution in [0.25, 0.3) is 0 Å². The molecule has 0 aliphatic rings. The zero-order valence-corrected chi connectivity index (χ0v) is 13.3. The molecule has 2 atom stereocenters. The molecule has 0 aliphatic heterocycles. The van der Waals surface area contributed by atoms with Gasteiger partial charge in [-0.1, -0.05) is 0 Å². The normalized spacial score (nSPS) is 14.6. The van der Waals surface area contributed by atoms with Gasteiger partial charge in [0, 0.05) is 28.9 Å². The minimum Gasteiger partial charge on any atom is -0.381 e. The third kappa shape index (κ3) is 3.65. The quantitative estimate of drug-likeness (QED) is 0.890. The van der Waals surface area contributed by atoms with Gasteiger partial charge in [-0.15, -0.1) is 0 Å². The van der Waals surface area contributed by atoms with Crippen LogP contribution < -0.4 is 10.9 Å². The Morgan fingerprint density at radius 3 is 2.61 bits per heavy atom. The topological polar surface area (TPSA) is 64.0 Å². The van der Waals surface area contributed by atoms with Gasteiger partial charge in [0.15, 0.2) is 0 Å². The summed E-state index contributed by atoms with van der Waals surface area (Å²) in [5, 5.41) is 7.20. The number of rotatable bonds is 5. The average molecular weight is 336 g/mol. The second-order valence-corrected chi connectivity index (χ2v) is 7.00. The highest BCUT2D eigenvalue weighted by molar-refractivity contribution is 9.10. The monoisotopic (exact) mass is 335 g/mol. The van der Waals surface area contributed by atoms with Crippen LogP contribution in [0.3, 0.4) is 0 Å². The average Bonchev–Trinajstić information content (AvgIpc) is 2.30. The van der Waals surface area contributed by atoms with Crippen molar-refractivity contribution in [2.45, 2.75) is 32.1 Å². The molecular weight excluding hydrogens is 318 g/mol. The predicted molar refractivity (Wildman–Crippen MR) is 78.6 cm³/mol. The molecule has 0 aliphatic carbocycles. The number of nitrogens with zero attached hydrogens (tertiary/aromatic N) is 2. The van der Waals surface area contributed by atoms with Crippen molar-refractivity contribution >= 4 is 32.4 Å². The fourth-order valence-corrected chi connectivity index (χ4v) is 2.05. The largest absolute Gasteiger partial charge is 0.381 e. The summed E-state index contributed by atoms with van der Waals surface area (Å²) in [5.74, 6) is 0. The highest BCUT2D eigenvalue weighted by Gasteiger charge is 2.12. The molecule has 0 aromatic carbocycles. The molecule has 5 nitrogen and oxygen atoms in total. The molecule has 0 saturated heterocycles. The molecule has 1 heterocycles. The molecule has 18 heavy (non-hydrogen) atoms. The van der Waals surface area contributed by atoms with E-state index in [1.807, 2.05) is 20.8 Å². The lowest BCUT2D eigenvalue weighted by Gasteiger charge is -2.14. The molecular formula is C11H18BrN3O2S. The van der Waals surface area contributed by atoms with E-state index in [2.05, 4.69) is 26.3 Å². The number of nitrogens with one attached hydrogen (secondary N) is 1. The summed E-state index contributed by atoms with van der Waals surface area (Å²) >= 11 is 3.27. The summed E-state index contributed by atoms with van der Waals surface area (Å²) in [4.78, 5) is 12.0. The maximum atomic E-state index is 12.0. The van der Waals surface area contributed by atoms with Gasteiger partial charge in [0.2, 0.25) is 0 Å². The standard InChI is InChI=1S/C11H18BrN3O2S/c1-7(2)15-11(16)10(12)9(6-14-15)13-5-8(3)18(4)17/h6-8,13H,5H2,1-4H3. The van der Waals surface area contributed by atoms with Crippen LogP contribution in [0, 0.1) is 0 Å². The predicted octanol–water partition coefficient (Wildman–Crippen LogP) is 1.77. The van der Waals surface area contributed by atoms with Crippen molar-refractivity contribution in [2.75, 3.05) is 18.1 Å². The maximum Gasteiger partial charge on any atom is 0.283 e. The van der Waals surface area contributed by atoms with Crippen molar-refractivity contribution in [2.24, 2.45) is 0 Å². The first-order chi connectivity index (χ1) is 8.34. The summed E-state index contributed by atoms with van der Waals surface area (Å²) in [7, 11) is -0.889. The molecule has 0 fully saturated rings. The van der Waals surface area contributed by atoms with Crippen molar-refractivity contribution in [3.8, 4) is 0 Å². The summed E-state index contributed by atoms with van der Waals surface area (Å²) in [6, 6.07) is 0.0184. The van der Waals surface area contributed by atoms with Gasteiger partial charge in [-0.05, 0) is 36.7 Å². The number of hydrogen-bond acceptors (Lipinski definition) is 4. The third-order valence-electron chi connectivity index (χ3n) is 2.58. The molecule has 1 aromatic rings. The number of halogens is 1. The second-order valence-electron chi connectivity index (χ2n) is 4.41. The Bertz CT molecular complexity index is 502. The van der Waals surface area contributed by atoms with Crippen LogP contribution in [0.2, 0.25) is 0 Å². The van der Waals surface area contributed by atoms with E-state index in [1.54, 1.807) is 12.5 Å². The Balaban J connectivity index is 2.90. The minimum absolute atomic E-state index is 0.0180. The van der Waals surface area contributed by atoms with Crippen LogP contribution >= 0.6 is 15.9 Å². The van der Waals surface area contributed by atoms with E-state index < -0.39 is 10.8 Å². The van der Waals surface area contributed by atoms with E-state index >= 15 is 0 Å². The van der Waals surface area contributed by atoms with E-state index in [-0.39, 0.29) is 16.9 Å². The molecule has 7 heteroatoms. The van der Waals surface area contributed by atoms with Crippen molar-refractivity contribution < 1.29 is 4.21 Å². The lowest BCUT2D eigenvalue weighted by molar-refractivity contribution is 0.501. The maximum absolute atomic E-state index is 12.0. The molecule has 0 radical (unpaired) electrons. The van der Waals surface area contributed by atoms with Gasteiger partial charge in [-0.2, -0.15) is 5.10 Å². The number of aromatic nitrogens is 2. The van der Waals surface area contributed by atoms with E-state index in [0.29, 0.717) is 16.7 Å². The van der Waals surface area contributed by atoms with Crippen molar-refractivity contribution in [3.63, 3.8) is 0 Å². The summed E-state index contributed by atoms with van der Waals surface area (Å²) in [6.07, 6.45) is 3.27. The second kappa shape index (κ2) is 6.47. The lowest BCUT2D eigenvalue weighted by Crippen LogP contribution is -2.27. The van der Waals surface area contributed by atoms with Gasteiger partial charge >= 0.3 is 0 Å². The van der Waals surface area contributed by atoms with Gasteiger partial charge in [-0.3, -0.25) is 9.00 Å². The zero-order valence-electron chi connectivity index (χ0n) is 10.9. The van der Waals surface area contributed by atoms with Crippen molar-refractivity contribution in [1.29, 1.82) is 0 Å². The van der Waals surface area contributed by atoms with Crippen LogP contribution in [0.15, 0.2) is 15.5 Å². The van der Waals surface area contributed by atoms with Gasteiger partial charge in [0.25, 0.3) is 5.56 Å². The summed E-state index contributed by atoms with van der Waals surface area (Å²) in [5.41, 5.74) is 0.467. The van der Waals surface area contributed by atoms with E-state index in [9.17, 15) is 9.00 Å². The Morgan fingerprint density at radius 2 is 2.11 bits per heavy atom. The van der Waals surface area contributed by atoms with Gasteiger partial charge in [0.05, 0.1) is 17.9 Å². The van der Waals surface area contributed by atoms with Crippen LogP contribution in [-0.4, -0.2) is 32.0 Å². The molecule has 2 unspecified atom stereocenters. The van der Waals surface area contributed by atoms with Crippen molar-refractivity contribution in [1.82, 2.24) is 9.78 Å². The van der Waals surface area contributed by atoms with E-state index in [4.69, 9.17) is 0 Å². The first-order valence-electron chi connectivity index (χ1n) is 5.68. The highest BCUT2D eigenvalue weighted by Crippen LogP contribution is 2.17. The molecule has 0 spiro atoms. The van der Waals surface area contributed by atoms with Gasteiger partial charge < -0.3 is 5.32 Å².